The molecule has 0 saturated carbocycles. The average molecular weight is 212 g/mol. The van der Waals surface area contributed by atoms with E-state index in [0.717, 1.165) is 27.9 Å². The molecule has 3 aromatic rings. The van der Waals surface area contributed by atoms with Crippen LogP contribution in [0, 0.1) is 6.92 Å². The zero-order valence-corrected chi connectivity index (χ0v) is 9.23. The third-order valence-corrected chi connectivity index (χ3v) is 2.84. The number of nitrogens with one attached hydrogen (secondary N) is 1. The third-order valence-electron chi connectivity index (χ3n) is 2.84. The van der Waals surface area contributed by atoms with Crippen molar-refractivity contribution in [1.29, 1.82) is 0 Å². The molecular weight excluding hydrogens is 200 g/mol. The van der Waals surface area contributed by atoms with Crippen molar-refractivity contribution in [3.05, 3.63) is 36.3 Å². The Hall–Kier alpha value is -2.10. The zero-order valence-electron chi connectivity index (χ0n) is 9.23. The summed E-state index contributed by atoms with van der Waals surface area (Å²) < 4.78 is 2.02. The first-order valence-electron chi connectivity index (χ1n) is 5.17. The van der Waals surface area contributed by atoms with Gasteiger partial charge in [-0.05, 0) is 24.6 Å². The number of hydrogen-bond donors (Lipinski definition) is 1. The molecule has 4 heteroatoms. The smallest absolute Gasteiger partial charge is 0.0955 e. The van der Waals surface area contributed by atoms with Gasteiger partial charge in [0.15, 0.2) is 0 Å². The SMILES string of the molecule is Cc1cn[nH]c1-c1ccc2ncn(C)c2c1. The fourth-order valence-corrected chi connectivity index (χ4v) is 1.92. The van der Waals surface area contributed by atoms with Gasteiger partial charge in [-0.3, -0.25) is 5.10 Å². The minimum absolute atomic E-state index is 1.02. The fourth-order valence-electron chi connectivity index (χ4n) is 1.92. The Bertz CT molecular complexity index is 648. The molecule has 2 heterocycles. The Morgan fingerprint density at radius 2 is 2.19 bits per heavy atom. The first-order valence-corrected chi connectivity index (χ1v) is 5.17. The van der Waals surface area contributed by atoms with E-state index in [1.165, 1.54) is 0 Å². The molecule has 0 unspecified atom stereocenters. The van der Waals surface area contributed by atoms with Gasteiger partial charge in [0, 0.05) is 12.6 Å². The molecule has 1 aromatic carbocycles. The summed E-state index contributed by atoms with van der Waals surface area (Å²) in [7, 11) is 2.00. The maximum Gasteiger partial charge on any atom is 0.0955 e. The molecule has 4 nitrogen and oxygen atoms in total. The lowest BCUT2D eigenvalue weighted by atomic mass is 10.1. The summed E-state index contributed by atoms with van der Waals surface area (Å²) in [6.07, 6.45) is 3.66. The molecule has 0 fully saturated rings. The van der Waals surface area contributed by atoms with Crippen molar-refractivity contribution in [3.63, 3.8) is 0 Å². The quantitative estimate of drug-likeness (QED) is 0.672. The molecule has 1 N–H and O–H groups in total. The predicted octanol–water partition coefficient (Wildman–Crippen LogP) is 2.27. The van der Waals surface area contributed by atoms with E-state index in [2.05, 4.69) is 27.3 Å². The van der Waals surface area contributed by atoms with Crippen molar-refractivity contribution in [2.45, 2.75) is 6.92 Å². The lowest BCUT2D eigenvalue weighted by molar-refractivity contribution is 0.947. The molecule has 0 atom stereocenters. The fraction of sp³-hybridized carbons (Fsp3) is 0.167. The maximum absolute atomic E-state index is 4.30. The van der Waals surface area contributed by atoms with Gasteiger partial charge in [-0.15, -0.1) is 0 Å². The normalized spacial score (nSPS) is 11.1. The number of aromatic amines is 1. The van der Waals surface area contributed by atoms with Crippen molar-refractivity contribution in [3.8, 4) is 11.3 Å². The second-order valence-electron chi connectivity index (χ2n) is 3.99. The van der Waals surface area contributed by atoms with Crippen molar-refractivity contribution in [2.24, 2.45) is 7.05 Å². The van der Waals surface area contributed by atoms with Crippen LogP contribution < -0.4 is 0 Å². The summed E-state index contributed by atoms with van der Waals surface area (Å²) in [6.45, 7) is 2.05. The molecule has 0 aliphatic rings. The molecule has 0 amide bonds. The van der Waals surface area contributed by atoms with Crippen molar-refractivity contribution >= 4 is 11.0 Å². The summed E-state index contributed by atoms with van der Waals surface area (Å²) in [5.74, 6) is 0. The molecule has 0 aliphatic heterocycles. The van der Waals surface area contributed by atoms with Gasteiger partial charge < -0.3 is 4.57 Å². The molecule has 0 spiro atoms. The van der Waals surface area contributed by atoms with Crippen LogP contribution in [0.15, 0.2) is 30.7 Å². The molecule has 3 rings (SSSR count). The van der Waals surface area contributed by atoms with Crippen LogP contribution in [0.25, 0.3) is 22.3 Å². The number of benzene rings is 1. The minimum atomic E-state index is 1.02. The van der Waals surface area contributed by atoms with Crippen molar-refractivity contribution in [1.82, 2.24) is 19.7 Å². The summed E-state index contributed by atoms with van der Waals surface area (Å²) >= 11 is 0. The average Bonchev–Trinajstić information content (AvgIpc) is 2.86. The highest BCUT2D eigenvalue weighted by molar-refractivity contribution is 5.81. The van der Waals surface area contributed by atoms with E-state index < -0.39 is 0 Å². The second kappa shape index (κ2) is 3.20. The summed E-state index contributed by atoms with van der Waals surface area (Å²) in [5.41, 5.74) is 5.52. The molecule has 2 aromatic heterocycles. The Kier molecular flexibility index (Phi) is 1.83. The number of aromatic nitrogens is 4. The first kappa shape index (κ1) is 9.15. The van der Waals surface area contributed by atoms with Crippen LogP contribution in [0.4, 0.5) is 0 Å². The van der Waals surface area contributed by atoms with Gasteiger partial charge in [0.25, 0.3) is 0 Å². The molecular formula is C12H12N4. The highest BCUT2D eigenvalue weighted by Crippen LogP contribution is 2.24. The lowest BCUT2D eigenvalue weighted by Crippen LogP contribution is -1.86. The van der Waals surface area contributed by atoms with Gasteiger partial charge in [-0.25, -0.2) is 4.98 Å². The Labute approximate surface area is 92.9 Å². The molecule has 0 bridgehead atoms. The van der Waals surface area contributed by atoms with Gasteiger partial charge in [0.05, 0.1) is 29.3 Å². The van der Waals surface area contributed by atoms with Crippen molar-refractivity contribution in [2.75, 3.05) is 0 Å². The van der Waals surface area contributed by atoms with Crippen LogP contribution in [0.2, 0.25) is 0 Å². The van der Waals surface area contributed by atoms with E-state index in [0.29, 0.717) is 0 Å². The van der Waals surface area contributed by atoms with Crippen LogP contribution in [0.3, 0.4) is 0 Å². The second-order valence-corrected chi connectivity index (χ2v) is 3.99. The molecule has 80 valence electrons. The van der Waals surface area contributed by atoms with Crippen LogP contribution in [-0.4, -0.2) is 19.7 Å². The topological polar surface area (TPSA) is 46.5 Å². The number of hydrogen-bond acceptors (Lipinski definition) is 2. The number of H-pyrrole nitrogens is 1. The molecule has 0 saturated heterocycles. The predicted molar refractivity (Wildman–Crippen MR) is 63.0 cm³/mol. The Balaban J connectivity index is 2.25. The number of nitrogens with zero attached hydrogens (tertiary/aromatic N) is 3. The van der Waals surface area contributed by atoms with Gasteiger partial charge in [0.2, 0.25) is 0 Å². The number of imidazole rings is 1. The Morgan fingerprint density at radius 1 is 1.31 bits per heavy atom. The first-order chi connectivity index (χ1) is 7.75. The number of rotatable bonds is 1. The van der Waals surface area contributed by atoms with Gasteiger partial charge in [0.1, 0.15) is 0 Å². The molecule has 0 radical (unpaired) electrons. The Morgan fingerprint density at radius 3 is 2.94 bits per heavy atom. The van der Waals surface area contributed by atoms with E-state index in [9.17, 15) is 0 Å². The highest BCUT2D eigenvalue weighted by Gasteiger charge is 2.06. The van der Waals surface area contributed by atoms with E-state index in [4.69, 9.17) is 0 Å². The lowest BCUT2D eigenvalue weighted by Gasteiger charge is -2.01. The third kappa shape index (κ3) is 1.23. The van der Waals surface area contributed by atoms with Gasteiger partial charge in [-0.2, -0.15) is 5.10 Å². The number of fused-ring (bicyclic) bond motifs is 1. The van der Waals surface area contributed by atoms with Gasteiger partial charge >= 0.3 is 0 Å². The van der Waals surface area contributed by atoms with E-state index in [1.54, 1.807) is 0 Å². The molecule has 16 heavy (non-hydrogen) atoms. The van der Waals surface area contributed by atoms with E-state index in [1.807, 2.05) is 37.1 Å². The minimum Gasteiger partial charge on any atom is -0.334 e. The van der Waals surface area contributed by atoms with Crippen LogP contribution in [-0.2, 0) is 7.05 Å². The standard InChI is InChI=1S/C12H12N4/c1-8-6-14-15-12(8)9-3-4-10-11(5-9)16(2)7-13-10/h3-7H,1-2H3,(H,14,15). The molecule has 0 aliphatic carbocycles. The monoisotopic (exact) mass is 212 g/mol. The largest absolute Gasteiger partial charge is 0.334 e. The maximum atomic E-state index is 4.30. The zero-order chi connectivity index (χ0) is 11.1. The number of aryl methyl sites for hydroxylation is 2. The van der Waals surface area contributed by atoms with Crippen molar-refractivity contribution < 1.29 is 0 Å². The highest BCUT2D eigenvalue weighted by atomic mass is 15.1. The van der Waals surface area contributed by atoms with Crippen LogP contribution in [0.5, 0.6) is 0 Å². The van der Waals surface area contributed by atoms with Crippen LogP contribution in [0.1, 0.15) is 5.56 Å². The summed E-state index contributed by atoms with van der Waals surface area (Å²) in [5, 5.41) is 7.06. The van der Waals surface area contributed by atoms with E-state index >= 15 is 0 Å². The van der Waals surface area contributed by atoms with E-state index in [-0.39, 0.29) is 0 Å². The summed E-state index contributed by atoms with van der Waals surface area (Å²) in [4.78, 5) is 4.30. The van der Waals surface area contributed by atoms with Crippen LogP contribution >= 0.6 is 0 Å². The van der Waals surface area contributed by atoms with Gasteiger partial charge in [-0.1, -0.05) is 6.07 Å². The summed E-state index contributed by atoms with van der Waals surface area (Å²) in [6, 6.07) is 6.23.